The average molecular weight is 440 g/mol. The van der Waals surface area contributed by atoms with Gasteiger partial charge in [0.05, 0.1) is 25.9 Å². The number of hydrogen-bond acceptors (Lipinski definition) is 4. The van der Waals surface area contributed by atoms with Crippen LogP contribution in [0.1, 0.15) is 27.2 Å². The van der Waals surface area contributed by atoms with E-state index in [-0.39, 0.29) is 30.1 Å². The molecule has 0 saturated carbocycles. The molecule has 0 aliphatic carbocycles. The fourth-order valence-corrected chi connectivity index (χ4v) is 3.20. The molecule has 0 aromatic heterocycles. The Morgan fingerprint density at radius 1 is 1.30 bits per heavy atom. The Bertz CT molecular complexity index is 362. The molecule has 0 amide bonds. The molecule has 2 aliphatic heterocycles. The van der Waals surface area contributed by atoms with E-state index in [1.165, 1.54) is 0 Å². The molecule has 0 aromatic carbocycles. The first-order chi connectivity index (χ1) is 10.6. The van der Waals surface area contributed by atoms with Crippen LogP contribution in [0.3, 0.4) is 0 Å². The number of hydrogen-bond donors (Lipinski definition) is 2. The Morgan fingerprint density at radius 2 is 2.00 bits per heavy atom. The first kappa shape index (κ1) is 20.9. The molecule has 0 spiro atoms. The van der Waals surface area contributed by atoms with Gasteiger partial charge in [-0.1, -0.05) is 13.8 Å². The van der Waals surface area contributed by atoms with Crippen LogP contribution in [0.4, 0.5) is 0 Å². The molecule has 23 heavy (non-hydrogen) atoms. The highest BCUT2D eigenvalue weighted by Crippen LogP contribution is 2.14. The van der Waals surface area contributed by atoms with Crippen molar-refractivity contribution in [2.24, 2.45) is 10.9 Å². The summed E-state index contributed by atoms with van der Waals surface area (Å²) in [5.74, 6) is 1.51. The van der Waals surface area contributed by atoms with E-state index in [0.717, 1.165) is 58.3 Å². The highest BCUT2D eigenvalue weighted by Gasteiger charge is 2.26. The zero-order valence-electron chi connectivity index (χ0n) is 14.7. The Morgan fingerprint density at radius 3 is 2.52 bits per heavy atom. The van der Waals surface area contributed by atoms with Gasteiger partial charge < -0.3 is 20.1 Å². The summed E-state index contributed by atoms with van der Waals surface area (Å²) >= 11 is 0. The van der Waals surface area contributed by atoms with E-state index in [4.69, 9.17) is 9.73 Å². The van der Waals surface area contributed by atoms with Gasteiger partial charge in [0.2, 0.25) is 0 Å². The molecule has 0 aromatic rings. The zero-order valence-corrected chi connectivity index (χ0v) is 17.0. The average Bonchev–Trinajstić information content (AvgIpc) is 2.93. The van der Waals surface area contributed by atoms with Crippen LogP contribution in [0.5, 0.6) is 0 Å². The summed E-state index contributed by atoms with van der Waals surface area (Å²) in [7, 11) is 0. The third kappa shape index (κ3) is 6.36. The number of nitrogens with one attached hydrogen (secondary N) is 1. The smallest absolute Gasteiger partial charge is 0.194 e. The van der Waals surface area contributed by atoms with Crippen LogP contribution in [-0.2, 0) is 4.74 Å². The molecule has 2 rings (SSSR count). The molecular formula is C16H33IN4O2. The predicted molar refractivity (Wildman–Crippen MR) is 105 cm³/mol. The van der Waals surface area contributed by atoms with Crippen molar-refractivity contribution in [1.82, 2.24) is 15.1 Å². The van der Waals surface area contributed by atoms with Crippen molar-refractivity contribution in [2.75, 3.05) is 52.5 Å². The minimum absolute atomic E-state index is 0. The van der Waals surface area contributed by atoms with Crippen LogP contribution in [0.25, 0.3) is 0 Å². The van der Waals surface area contributed by atoms with Gasteiger partial charge in [0.15, 0.2) is 5.96 Å². The maximum atomic E-state index is 9.74. The van der Waals surface area contributed by atoms with Gasteiger partial charge in [-0.15, -0.1) is 24.0 Å². The van der Waals surface area contributed by atoms with Gasteiger partial charge in [-0.05, 0) is 19.3 Å². The third-order valence-electron chi connectivity index (χ3n) is 4.51. The SMILES string of the molecule is CCNC(=NCC(C(C)C)N1CCOCC1)N1CC[C@@H](O)C1.I. The fourth-order valence-electron chi connectivity index (χ4n) is 3.20. The molecule has 2 N–H and O–H groups in total. The fraction of sp³-hybridized carbons (Fsp3) is 0.938. The topological polar surface area (TPSA) is 60.3 Å². The lowest BCUT2D eigenvalue weighted by Crippen LogP contribution is -2.48. The highest BCUT2D eigenvalue weighted by molar-refractivity contribution is 14.0. The second-order valence-corrected chi connectivity index (χ2v) is 6.54. The van der Waals surface area contributed by atoms with Crippen LogP contribution in [0.15, 0.2) is 4.99 Å². The standard InChI is InChI=1S/C16H32N4O2.HI/c1-4-17-16(20-6-5-14(21)12-20)18-11-15(13(2)3)19-7-9-22-10-8-19;/h13-15,21H,4-12H2,1-3H3,(H,17,18);1H/t14-,15?;/m1./s1. The molecule has 0 bridgehead atoms. The van der Waals surface area contributed by atoms with Crippen molar-refractivity contribution in [3.8, 4) is 0 Å². The van der Waals surface area contributed by atoms with Gasteiger partial charge in [-0.3, -0.25) is 9.89 Å². The van der Waals surface area contributed by atoms with Gasteiger partial charge in [0.25, 0.3) is 0 Å². The molecule has 0 radical (unpaired) electrons. The third-order valence-corrected chi connectivity index (χ3v) is 4.51. The normalized spacial score (nSPS) is 24.7. The molecule has 2 heterocycles. The summed E-state index contributed by atoms with van der Waals surface area (Å²) in [4.78, 5) is 9.54. The van der Waals surface area contributed by atoms with Crippen molar-refractivity contribution < 1.29 is 9.84 Å². The minimum Gasteiger partial charge on any atom is -0.391 e. The van der Waals surface area contributed by atoms with Crippen LogP contribution >= 0.6 is 24.0 Å². The lowest BCUT2D eigenvalue weighted by atomic mass is 10.0. The van der Waals surface area contributed by atoms with Crippen molar-refractivity contribution in [1.29, 1.82) is 0 Å². The number of rotatable bonds is 5. The van der Waals surface area contributed by atoms with E-state index in [0.29, 0.717) is 18.5 Å². The molecular weight excluding hydrogens is 407 g/mol. The molecule has 6 nitrogen and oxygen atoms in total. The Kier molecular flexibility index (Phi) is 9.72. The van der Waals surface area contributed by atoms with Crippen LogP contribution in [0.2, 0.25) is 0 Å². The van der Waals surface area contributed by atoms with E-state index in [9.17, 15) is 5.11 Å². The summed E-state index contributed by atoms with van der Waals surface area (Å²) in [5.41, 5.74) is 0. The van der Waals surface area contributed by atoms with E-state index < -0.39 is 0 Å². The predicted octanol–water partition coefficient (Wildman–Crippen LogP) is 0.993. The molecule has 2 fully saturated rings. The summed E-state index contributed by atoms with van der Waals surface area (Å²) in [5, 5.41) is 13.1. The van der Waals surface area contributed by atoms with E-state index in [2.05, 4.69) is 35.9 Å². The second-order valence-electron chi connectivity index (χ2n) is 6.54. The Labute approximate surface area is 157 Å². The van der Waals surface area contributed by atoms with Crippen LogP contribution < -0.4 is 5.32 Å². The van der Waals surface area contributed by atoms with Gasteiger partial charge >= 0.3 is 0 Å². The number of nitrogens with zero attached hydrogens (tertiary/aromatic N) is 3. The number of morpholine rings is 1. The van der Waals surface area contributed by atoms with Crippen LogP contribution in [0, 0.1) is 5.92 Å². The lowest BCUT2D eigenvalue weighted by molar-refractivity contribution is 0.00863. The maximum Gasteiger partial charge on any atom is 0.194 e. The molecule has 2 aliphatic rings. The van der Waals surface area contributed by atoms with Crippen molar-refractivity contribution >= 4 is 29.9 Å². The summed E-state index contributed by atoms with van der Waals surface area (Å²) < 4.78 is 5.46. The highest BCUT2D eigenvalue weighted by atomic mass is 127. The van der Waals surface area contributed by atoms with Crippen molar-refractivity contribution in [3.63, 3.8) is 0 Å². The number of halogens is 1. The van der Waals surface area contributed by atoms with Gasteiger partial charge in [-0.2, -0.15) is 0 Å². The summed E-state index contributed by atoms with van der Waals surface area (Å²) in [6, 6.07) is 0.449. The van der Waals surface area contributed by atoms with E-state index >= 15 is 0 Å². The molecule has 136 valence electrons. The number of guanidine groups is 1. The molecule has 7 heteroatoms. The van der Waals surface area contributed by atoms with E-state index in [1.807, 2.05) is 0 Å². The molecule has 2 atom stereocenters. The number of β-amino-alcohol motifs (C(OH)–C–C–N with tert-alkyl or cyclic N) is 1. The quantitative estimate of drug-likeness (QED) is 0.380. The largest absolute Gasteiger partial charge is 0.391 e. The summed E-state index contributed by atoms with van der Waals surface area (Å²) in [6.45, 7) is 13.5. The van der Waals surface area contributed by atoms with Gasteiger partial charge in [-0.25, -0.2) is 0 Å². The number of ether oxygens (including phenoxy) is 1. The van der Waals surface area contributed by atoms with Gasteiger partial charge in [0.1, 0.15) is 0 Å². The Balaban J connectivity index is 0.00000264. The number of aliphatic hydroxyl groups is 1. The summed E-state index contributed by atoms with van der Waals surface area (Å²) in [6.07, 6.45) is 0.616. The van der Waals surface area contributed by atoms with Gasteiger partial charge in [0, 0.05) is 38.8 Å². The molecule has 1 unspecified atom stereocenters. The number of aliphatic hydroxyl groups excluding tert-OH is 1. The van der Waals surface area contributed by atoms with Crippen molar-refractivity contribution in [3.05, 3.63) is 0 Å². The molecule has 2 saturated heterocycles. The maximum absolute atomic E-state index is 9.74. The second kappa shape index (κ2) is 10.7. The lowest BCUT2D eigenvalue weighted by Gasteiger charge is -2.36. The number of aliphatic imine (C=N–C) groups is 1. The minimum atomic E-state index is -0.219. The monoisotopic (exact) mass is 440 g/mol. The van der Waals surface area contributed by atoms with Crippen molar-refractivity contribution in [2.45, 2.75) is 39.3 Å². The first-order valence-corrected chi connectivity index (χ1v) is 8.65. The number of likely N-dealkylation sites (tertiary alicyclic amines) is 1. The Hall–Kier alpha value is -0.120. The first-order valence-electron chi connectivity index (χ1n) is 8.65. The van der Waals surface area contributed by atoms with E-state index in [1.54, 1.807) is 0 Å². The zero-order chi connectivity index (χ0) is 15.9. The van der Waals surface area contributed by atoms with Crippen LogP contribution in [-0.4, -0.2) is 85.5 Å².